The highest BCUT2D eigenvalue weighted by Crippen LogP contribution is 2.27. The van der Waals surface area contributed by atoms with Gasteiger partial charge >= 0.3 is 5.97 Å². The Balaban J connectivity index is 1.58. The van der Waals surface area contributed by atoms with E-state index in [0.29, 0.717) is 16.3 Å². The van der Waals surface area contributed by atoms with Gasteiger partial charge in [-0.25, -0.2) is 0 Å². The zero-order valence-electron chi connectivity index (χ0n) is 15.2. The normalized spacial score (nSPS) is 16.5. The van der Waals surface area contributed by atoms with Crippen LogP contribution in [0.5, 0.6) is 0 Å². The minimum Gasteiger partial charge on any atom is -0.457 e. The third-order valence-electron chi connectivity index (χ3n) is 4.77. The van der Waals surface area contributed by atoms with Crippen molar-refractivity contribution in [2.45, 2.75) is 20.3 Å². The molecule has 6 heteroatoms. The van der Waals surface area contributed by atoms with Crippen LogP contribution in [0.15, 0.2) is 42.5 Å². The average Bonchev–Trinajstić information content (AvgIpc) is 3.04. The molecule has 0 unspecified atom stereocenters. The number of halogens is 1. The summed E-state index contributed by atoms with van der Waals surface area (Å²) in [6, 6.07) is 12.2. The summed E-state index contributed by atoms with van der Waals surface area (Å²) in [5, 5.41) is 0.575. The molecule has 1 aliphatic heterocycles. The van der Waals surface area contributed by atoms with Crippen molar-refractivity contribution >= 4 is 34.9 Å². The molecular formula is C21H20ClNO4. The second-order valence-electron chi connectivity index (χ2n) is 6.71. The molecule has 0 aliphatic carbocycles. The van der Waals surface area contributed by atoms with E-state index in [0.717, 1.165) is 11.1 Å². The quantitative estimate of drug-likeness (QED) is 0.581. The molecule has 1 heterocycles. The number of nitrogens with zero attached hydrogens (tertiary/aromatic N) is 1. The SMILES string of the molecule is Cc1ccc(C(=O)COC(=O)[C@@H]2CC(=O)N(c3ccc(Cl)cc3)C2)cc1C. The van der Waals surface area contributed by atoms with Crippen molar-refractivity contribution in [1.29, 1.82) is 0 Å². The molecule has 3 rings (SSSR count). The van der Waals surface area contributed by atoms with Crippen LogP contribution >= 0.6 is 11.6 Å². The molecule has 0 N–H and O–H groups in total. The minimum atomic E-state index is -0.583. The second kappa shape index (κ2) is 7.92. The molecule has 140 valence electrons. The Kier molecular flexibility index (Phi) is 5.61. The summed E-state index contributed by atoms with van der Waals surface area (Å²) >= 11 is 5.86. The number of benzene rings is 2. The highest BCUT2D eigenvalue weighted by Gasteiger charge is 2.36. The van der Waals surface area contributed by atoms with Crippen LogP contribution < -0.4 is 4.90 Å². The van der Waals surface area contributed by atoms with Gasteiger partial charge in [-0.3, -0.25) is 14.4 Å². The van der Waals surface area contributed by atoms with Crippen LogP contribution in [0.4, 0.5) is 5.69 Å². The molecule has 0 saturated carbocycles. The molecule has 2 aromatic carbocycles. The Morgan fingerprint density at radius 1 is 1.11 bits per heavy atom. The van der Waals surface area contributed by atoms with Crippen LogP contribution in [0.2, 0.25) is 5.02 Å². The van der Waals surface area contributed by atoms with Gasteiger partial charge in [0.2, 0.25) is 5.91 Å². The maximum absolute atomic E-state index is 12.3. The van der Waals surface area contributed by atoms with Gasteiger partial charge in [-0.2, -0.15) is 0 Å². The summed E-state index contributed by atoms with van der Waals surface area (Å²) in [4.78, 5) is 38.3. The topological polar surface area (TPSA) is 63.7 Å². The first kappa shape index (κ1) is 19.1. The maximum atomic E-state index is 12.3. The number of Topliss-reactive ketones (excluding diaryl/α,β-unsaturated/α-hetero) is 1. The van der Waals surface area contributed by atoms with E-state index in [1.54, 1.807) is 36.4 Å². The van der Waals surface area contributed by atoms with E-state index in [-0.39, 0.29) is 31.3 Å². The van der Waals surface area contributed by atoms with Crippen molar-refractivity contribution in [2.24, 2.45) is 5.92 Å². The van der Waals surface area contributed by atoms with Gasteiger partial charge in [-0.05, 0) is 55.3 Å². The number of carbonyl (C=O) groups is 3. The zero-order chi connectivity index (χ0) is 19.6. The molecule has 1 amide bonds. The van der Waals surface area contributed by atoms with Crippen molar-refractivity contribution < 1.29 is 19.1 Å². The largest absolute Gasteiger partial charge is 0.457 e. The summed E-state index contributed by atoms with van der Waals surface area (Å²) in [5.74, 6) is -1.53. The minimum absolute atomic E-state index is 0.0687. The van der Waals surface area contributed by atoms with Crippen molar-refractivity contribution in [3.63, 3.8) is 0 Å². The Labute approximate surface area is 162 Å². The Hall–Kier alpha value is -2.66. The average molecular weight is 386 g/mol. The molecular weight excluding hydrogens is 366 g/mol. The van der Waals surface area contributed by atoms with Gasteiger partial charge in [0.1, 0.15) is 0 Å². The fourth-order valence-corrected chi connectivity index (χ4v) is 3.11. The van der Waals surface area contributed by atoms with Crippen molar-refractivity contribution in [3.8, 4) is 0 Å². The number of esters is 1. The number of carbonyl (C=O) groups excluding carboxylic acids is 3. The van der Waals surface area contributed by atoms with Crippen LogP contribution in [0, 0.1) is 19.8 Å². The molecule has 0 radical (unpaired) electrons. The molecule has 1 atom stereocenters. The van der Waals surface area contributed by atoms with Crippen molar-refractivity contribution in [3.05, 3.63) is 64.2 Å². The van der Waals surface area contributed by atoms with E-state index in [2.05, 4.69) is 0 Å². The molecule has 0 spiro atoms. The number of ketones is 1. The van der Waals surface area contributed by atoms with Gasteiger partial charge in [0.15, 0.2) is 12.4 Å². The predicted molar refractivity (Wildman–Crippen MR) is 103 cm³/mol. The fraction of sp³-hybridized carbons (Fsp3) is 0.286. The van der Waals surface area contributed by atoms with Gasteiger partial charge in [-0.15, -0.1) is 0 Å². The Morgan fingerprint density at radius 2 is 1.81 bits per heavy atom. The molecule has 1 saturated heterocycles. The highest BCUT2D eigenvalue weighted by atomic mass is 35.5. The monoisotopic (exact) mass is 385 g/mol. The Morgan fingerprint density at radius 3 is 2.48 bits per heavy atom. The number of hydrogen-bond acceptors (Lipinski definition) is 4. The molecule has 27 heavy (non-hydrogen) atoms. The van der Waals surface area contributed by atoms with Gasteiger partial charge < -0.3 is 9.64 Å². The van der Waals surface area contributed by atoms with Crippen molar-refractivity contribution in [1.82, 2.24) is 0 Å². The van der Waals surface area contributed by atoms with Gasteiger partial charge in [0.25, 0.3) is 0 Å². The fourth-order valence-electron chi connectivity index (χ4n) is 2.99. The predicted octanol–water partition coefficient (Wildman–Crippen LogP) is 3.74. The lowest BCUT2D eigenvalue weighted by Crippen LogP contribution is -2.27. The van der Waals surface area contributed by atoms with Crippen LogP contribution in [0.1, 0.15) is 27.9 Å². The molecule has 1 fully saturated rings. The first-order valence-electron chi connectivity index (χ1n) is 8.68. The summed E-state index contributed by atoms with van der Waals surface area (Å²) in [6.07, 6.45) is 0.0687. The number of rotatable bonds is 5. The number of anilines is 1. The molecule has 0 bridgehead atoms. The van der Waals surface area contributed by atoms with Crippen LogP contribution in [0.3, 0.4) is 0 Å². The van der Waals surface area contributed by atoms with E-state index < -0.39 is 11.9 Å². The number of amides is 1. The van der Waals surface area contributed by atoms with Crippen molar-refractivity contribution in [2.75, 3.05) is 18.1 Å². The summed E-state index contributed by atoms with van der Waals surface area (Å²) in [6.45, 7) is 3.80. The van der Waals surface area contributed by atoms with E-state index in [1.165, 1.54) is 4.90 Å². The van der Waals surface area contributed by atoms with Gasteiger partial charge in [0, 0.05) is 29.2 Å². The molecule has 1 aliphatic rings. The Bertz CT molecular complexity index is 892. The molecule has 5 nitrogen and oxygen atoms in total. The van der Waals surface area contributed by atoms with E-state index in [4.69, 9.17) is 16.3 Å². The first-order chi connectivity index (χ1) is 12.8. The standard InChI is InChI=1S/C21H20ClNO4/c1-13-3-4-15(9-14(13)2)19(24)12-27-21(26)16-10-20(25)23(11-16)18-7-5-17(22)6-8-18/h3-9,16H,10-12H2,1-2H3/t16-/m1/s1. The number of aryl methyl sites for hydroxylation is 2. The second-order valence-corrected chi connectivity index (χ2v) is 7.15. The van der Waals surface area contributed by atoms with Gasteiger partial charge in [-0.1, -0.05) is 23.7 Å². The van der Waals surface area contributed by atoms with Crippen LogP contribution in [-0.4, -0.2) is 30.8 Å². The lowest BCUT2D eigenvalue weighted by Gasteiger charge is -2.16. The number of hydrogen-bond donors (Lipinski definition) is 0. The maximum Gasteiger partial charge on any atom is 0.311 e. The molecule has 0 aromatic heterocycles. The lowest BCUT2D eigenvalue weighted by molar-refractivity contribution is -0.147. The summed E-state index contributed by atoms with van der Waals surface area (Å²) < 4.78 is 5.18. The summed E-state index contributed by atoms with van der Waals surface area (Å²) in [7, 11) is 0. The first-order valence-corrected chi connectivity index (χ1v) is 9.06. The third kappa shape index (κ3) is 4.37. The third-order valence-corrected chi connectivity index (χ3v) is 5.02. The van der Waals surface area contributed by atoms with E-state index >= 15 is 0 Å². The van der Waals surface area contributed by atoms with Crippen LogP contribution in [-0.2, 0) is 14.3 Å². The number of ether oxygens (including phenoxy) is 1. The highest BCUT2D eigenvalue weighted by molar-refractivity contribution is 6.30. The van der Waals surface area contributed by atoms with Crippen LogP contribution in [0.25, 0.3) is 0 Å². The summed E-state index contributed by atoms with van der Waals surface area (Å²) in [5.41, 5.74) is 3.30. The van der Waals surface area contributed by atoms with E-state index in [1.807, 2.05) is 19.9 Å². The zero-order valence-corrected chi connectivity index (χ0v) is 16.0. The van der Waals surface area contributed by atoms with Gasteiger partial charge in [0.05, 0.1) is 5.92 Å². The smallest absolute Gasteiger partial charge is 0.311 e. The van der Waals surface area contributed by atoms with E-state index in [9.17, 15) is 14.4 Å². The lowest BCUT2D eigenvalue weighted by atomic mass is 10.0. The molecule has 2 aromatic rings.